The Morgan fingerprint density at radius 2 is 1.00 bits per heavy atom. The Bertz CT molecular complexity index is 1130. The summed E-state index contributed by atoms with van der Waals surface area (Å²) in [5, 5.41) is 37.4. The highest BCUT2D eigenvalue weighted by molar-refractivity contribution is 5.56. The molecule has 32 heavy (non-hydrogen) atoms. The number of nitro benzene ring substituents is 2. The maximum atomic E-state index is 10.7. The molecule has 12 heteroatoms. The maximum Gasteiger partial charge on any atom is 0.269 e. The zero-order valence-electron chi connectivity index (χ0n) is 16.6. The molecule has 0 saturated carbocycles. The molecule has 0 aliphatic carbocycles. The van der Waals surface area contributed by atoms with E-state index in [9.17, 15) is 20.2 Å². The van der Waals surface area contributed by atoms with Crippen molar-refractivity contribution in [3.05, 3.63) is 80.5 Å². The number of hydrogen-bond donors (Lipinski definition) is 0. The summed E-state index contributed by atoms with van der Waals surface area (Å²) in [5.74, 6) is 1.55. The van der Waals surface area contributed by atoms with Gasteiger partial charge < -0.3 is 8.83 Å². The second-order valence-electron chi connectivity index (χ2n) is 6.82. The number of aromatic nitrogens is 4. The Morgan fingerprint density at radius 3 is 1.34 bits per heavy atom. The van der Waals surface area contributed by atoms with Crippen molar-refractivity contribution in [2.75, 3.05) is 0 Å². The van der Waals surface area contributed by atoms with Crippen LogP contribution in [0.2, 0.25) is 0 Å². The van der Waals surface area contributed by atoms with Gasteiger partial charge in [0.05, 0.1) is 9.85 Å². The van der Waals surface area contributed by atoms with Crippen LogP contribution in [0.25, 0.3) is 22.9 Å². The van der Waals surface area contributed by atoms with Crippen molar-refractivity contribution in [2.45, 2.75) is 25.7 Å². The first-order valence-corrected chi connectivity index (χ1v) is 9.64. The molecule has 12 nitrogen and oxygen atoms in total. The molecule has 0 spiro atoms. The van der Waals surface area contributed by atoms with Crippen LogP contribution in [-0.4, -0.2) is 30.2 Å². The van der Waals surface area contributed by atoms with Gasteiger partial charge in [-0.2, -0.15) is 0 Å². The smallest absolute Gasteiger partial charge is 0.269 e. The number of non-ortho nitro benzene ring substituents is 2. The molecule has 2 heterocycles. The average molecular weight is 436 g/mol. The summed E-state index contributed by atoms with van der Waals surface area (Å²) in [5.41, 5.74) is 1.20. The summed E-state index contributed by atoms with van der Waals surface area (Å²) in [7, 11) is 0. The standard InChI is InChI=1S/C20H16N6O6/c27-25(28)15-9-5-13(6-10-15)19-23-21-17(31-19)3-1-2-4-18-22-24-20(32-18)14-7-11-16(12-8-14)26(29)30/h5-12H,1-4H2. The topological polar surface area (TPSA) is 164 Å². The Kier molecular flexibility index (Phi) is 5.92. The van der Waals surface area contributed by atoms with Crippen LogP contribution >= 0.6 is 0 Å². The van der Waals surface area contributed by atoms with Crippen molar-refractivity contribution in [1.82, 2.24) is 20.4 Å². The number of hydrogen-bond acceptors (Lipinski definition) is 10. The average Bonchev–Trinajstić information content (AvgIpc) is 3.47. The number of rotatable bonds is 9. The molecular weight excluding hydrogens is 420 g/mol. The first-order chi connectivity index (χ1) is 15.5. The van der Waals surface area contributed by atoms with Crippen molar-refractivity contribution in [3.63, 3.8) is 0 Å². The first-order valence-electron chi connectivity index (χ1n) is 9.64. The van der Waals surface area contributed by atoms with E-state index in [1.54, 1.807) is 24.3 Å². The summed E-state index contributed by atoms with van der Waals surface area (Å²) in [6.45, 7) is 0. The van der Waals surface area contributed by atoms with E-state index in [4.69, 9.17) is 8.83 Å². The van der Waals surface area contributed by atoms with E-state index in [1.807, 2.05) is 0 Å². The van der Waals surface area contributed by atoms with E-state index in [1.165, 1.54) is 24.3 Å². The van der Waals surface area contributed by atoms with Gasteiger partial charge in [0.1, 0.15) is 0 Å². The van der Waals surface area contributed by atoms with E-state index in [-0.39, 0.29) is 11.4 Å². The number of unbranched alkanes of at least 4 members (excludes halogenated alkanes) is 1. The van der Waals surface area contributed by atoms with Gasteiger partial charge >= 0.3 is 0 Å². The molecule has 0 atom stereocenters. The molecule has 4 rings (SSSR count). The predicted molar refractivity (Wildman–Crippen MR) is 109 cm³/mol. The molecule has 0 unspecified atom stereocenters. The lowest BCUT2D eigenvalue weighted by Crippen LogP contribution is -1.90. The van der Waals surface area contributed by atoms with Crippen LogP contribution in [0.4, 0.5) is 11.4 Å². The number of benzene rings is 2. The second kappa shape index (κ2) is 9.12. The third-order valence-electron chi connectivity index (χ3n) is 4.62. The molecule has 2 aromatic heterocycles. The van der Waals surface area contributed by atoms with Crippen molar-refractivity contribution < 1.29 is 18.7 Å². The van der Waals surface area contributed by atoms with Crippen molar-refractivity contribution in [3.8, 4) is 22.9 Å². The van der Waals surface area contributed by atoms with Crippen molar-refractivity contribution in [2.24, 2.45) is 0 Å². The molecule has 0 N–H and O–H groups in total. The summed E-state index contributed by atoms with van der Waals surface area (Å²) in [6, 6.07) is 11.8. The van der Waals surface area contributed by atoms with Crippen molar-refractivity contribution in [1.29, 1.82) is 0 Å². The van der Waals surface area contributed by atoms with Gasteiger partial charge in [-0.05, 0) is 37.1 Å². The predicted octanol–water partition coefficient (Wildman–Crippen LogP) is 4.17. The fourth-order valence-corrected chi connectivity index (χ4v) is 2.95. The molecular formula is C20H16N6O6. The highest BCUT2D eigenvalue weighted by Gasteiger charge is 2.13. The minimum absolute atomic E-state index is 0.00810. The van der Waals surface area contributed by atoms with E-state index >= 15 is 0 Å². The zero-order valence-corrected chi connectivity index (χ0v) is 16.6. The van der Waals surface area contributed by atoms with Crippen LogP contribution in [0, 0.1) is 20.2 Å². The van der Waals surface area contributed by atoms with Crippen LogP contribution < -0.4 is 0 Å². The molecule has 2 aromatic carbocycles. The fourth-order valence-electron chi connectivity index (χ4n) is 2.95. The molecule has 0 bridgehead atoms. The van der Waals surface area contributed by atoms with Crippen molar-refractivity contribution >= 4 is 11.4 Å². The second-order valence-corrected chi connectivity index (χ2v) is 6.82. The van der Waals surface area contributed by atoms with Gasteiger partial charge in [-0.15, -0.1) is 20.4 Å². The summed E-state index contributed by atoms with van der Waals surface area (Å²) in [6.07, 6.45) is 2.61. The van der Waals surface area contributed by atoms with Gasteiger partial charge in [0.25, 0.3) is 11.4 Å². The lowest BCUT2D eigenvalue weighted by Gasteiger charge is -1.96. The van der Waals surface area contributed by atoms with E-state index in [0.29, 0.717) is 47.5 Å². The highest BCUT2D eigenvalue weighted by Crippen LogP contribution is 2.23. The van der Waals surface area contributed by atoms with Crippen LogP contribution in [0.15, 0.2) is 57.4 Å². The van der Waals surface area contributed by atoms with Gasteiger partial charge in [0.2, 0.25) is 23.6 Å². The Balaban J connectivity index is 1.27. The third-order valence-corrected chi connectivity index (χ3v) is 4.62. The van der Waals surface area contributed by atoms with Gasteiger partial charge in [-0.1, -0.05) is 0 Å². The largest absolute Gasteiger partial charge is 0.421 e. The lowest BCUT2D eigenvalue weighted by atomic mass is 10.2. The minimum Gasteiger partial charge on any atom is -0.421 e. The maximum absolute atomic E-state index is 10.7. The van der Waals surface area contributed by atoms with E-state index in [2.05, 4.69) is 20.4 Å². The van der Waals surface area contributed by atoms with Crippen LogP contribution in [-0.2, 0) is 12.8 Å². The van der Waals surface area contributed by atoms with Gasteiger partial charge in [-0.3, -0.25) is 20.2 Å². The zero-order chi connectivity index (χ0) is 22.5. The summed E-state index contributed by atoms with van der Waals surface area (Å²) < 4.78 is 11.2. The fraction of sp³-hybridized carbons (Fsp3) is 0.200. The lowest BCUT2D eigenvalue weighted by molar-refractivity contribution is -0.385. The molecule has 0 aliphatic rings. The molecule has 0 aliphatic heterocycles. The molecule has 4 aromatic rings. The summed E-state index contributed by atoms with van der Waals surface area (Å²) in [4.78, 5) is 20.5. The van der Waals surface area contributed by atoms with Gasteiger partial charge in [0.15, 0.2) is 0 Å². The minimum atomic E-state index is -0.471. The SMILES string of the molecule is O=[N+]([O-])c1ccc(-c2nnc(CCCCc3nnc(-c4ccc([N+](=O)[O-])cc4)o3)o2)cc1. The van der Waals surface area contributed by atoms with Crippen LogP contribution in [0.3, 0.4) is 0 Å². The van der Waals surface area contributed by atoms with Gasteiger partial charge in [-0.25, -0.2) is 0 Å². The Hall–Kier alpha value is -4.48. The number of nitro groups is 2. The molecule has 0 saturated heterocycles. The van der Waals surface area contributed by atoms with Crippen LogP contribution in [0.1, 0.15) is 24.6 Å². The Labute approximate surface area is 180 Å². The third kappa shape index (κ3) is 4.80. The first kappa shape index (κ1) is 20.8. The highest BCUT2D eigenvalue weighted by atomic mass is 16.6. The van der Waals surface area contributed by atoms with Crippen LogP contribution in [0.5, 0.6) is 0 Å². The molecule has 0 amide bonds. The molecule has 162 valence electrons. The van der Waals surface area contributed by atoms with Gasteiger partial charge in [0, 0.05) is 48.2 Å². The number of aryl methyl sites for hydroxylation is 2. The molecule has 0 radical (unpaired) electrons. The molecule has 0 fully saturated rings. The Morgan fingerprint density at radius 1 is 0.625 bits per heavy atom. The van der Waals surface area contributed by atoms with E-state index in [0.717, 1.165) is 12.8 Å². The summed E-state index contributed by atoms with van der Waals surface area (Å²) >= 11 is 0. The normalized spacial score (nSPS) is 10.9. The monoisotopic (exact) mass is 436 g/mol. The number of nitrogens with zero attached hydrogens (tertiary/aromatic N) is 6. The van der Waals surface area contributed by atoms with E-state index < -0.39 is 9.85 Å². The quantitative estimate of drug-likeness (QED) is 0.211.